The molecule has 0 bridgehead atoms. The SMILES string of the molecule is CNS(=O)(=O)c1ccc(C)c(NC(=O)CN(Cc2ccc(Cl)c(Cl)c2)S(=O)(=O)c2ccc(Cl)cc2)c1. The Morgan fingerprint density at radius 1 is 0.861 bits per heavy atom. The van der Waals surface area contributed by atoms with Crippen LogP contribution in [0.4, 0.5) is 5.69 Å². The summed E-state index contributed by atoms with van der Waals surface area (Å²) in [4.78, 5) is 12.9. The first-order valence-electron chi connectivity index (χ1n) is 10.4. The zero-order valence-electron chi connectivity index (χ0n) is 19.1. The van der Waals surface area contributed by atoms with Gasteiger partial charge in [-0.25, -0.2) is 21.6 Å². The maximum absolute atomic E-state index is 13.4. The minimum atomic E-state index is -4.14. The molecule has 0 heterocycles. The molecule has 0 unspecified atom stereocenters. The summed E-state index contributed by atoms with van der Waals surface area (Å²) < 4.78 is 54.4. The van der Waals surface area contributed by atoms with Crippen molar-refractivity contribution in [2.45, 2.75) is 23.3 Å². The second kappa shape index (κ2) is 11.5. The molecule has 1 amide bonds. The van der Waals surface area contributed by atoms with Crippen molar-refractivity contribution in [2.75, 3.05) is 18.9 Å². The van der Waals surface area contributed by atoms with Gasteiger partial charge in [-0.15, -0.1) is 0 Å². The number of hydrogen-bond acceptors (Lipinski definition) is 5. The maximum Gasteiger partial charge on any atom is 0.243 e. The Hall–Kier alpha value is -2.18. The molecule has 0 saturated carbocycles. The van der Waals surface area contributed by atoms with Crippen molar-refractivity contribution in [3.05, 3.63) is 86.9 Å². The summed E-state index contributed by atoms with van der Waals surface area (Å²) in [5.74, 6) is -0.672. The highest BCUT2D eigenvalue weighted by atomic mass is 35.5. The van der Waals surface area contributed by atoms with Crippen LogP contribution in [0.3, 0.4) is 0 Å². The molecule has 13 heteroatoms. The predicted molar refractivity (Wildman–Crippen MR) is 142 cm³/mol. The van der Waals surface area contributed by atoms with Crippen LogP contribution in [-0.2, 0) is 31.4 Å². The number of halogens is 3. The van der Waals surface area contributed by atoms with E-state index < -0.39 is 32.5 Å². The summed E-state index contributed by atoms with van der Waals surface area (Å²) in [7, 11) is -6.62. The van der Waals surface area contributed by atoms with Gasteiger partial charge in [0, 0.05) is 17.3 Å². The van der Waals surface area contributed by atoms with E-state index in [4.69, 9.17) is 34.8 Å². The van der Waals surface area contributed by atoms with Crippen LogP contribution in [0.5, 0.6) is 0 Å². The Bertz CT molecular complexity index is 1500. The molecule has 0 aromatic heterocycles. The number of anilines is 1. The summed E-state index contributed by atoms with van der Waals surface area (Å²) in [5, 5.41) is 3.51. The molecule has 0 saturated heterocycles. The van der Waals surface area contributed by atoms with E-state index in [9.17, 15) is 21.6 Å². The van der Waals surface area contributed by atoms with Crippen molar-refractivity contribution in [3.63, 3.8) is 0 Å². The molecule has 3 rings (SSSR count). The number of nitrogens with zero attached hydrogens (tertiary/aromatic N) is 1. The van der Waals surface area contributed by atoms with Crippen LogP contribution in [0.25, 0.3) is 0 Å². The van der Waals surface area contributed by atoms with E-state index in [0.717, 1.165) is 4.31 Å². The first-order valence-corrected chi connectivity index (χ1v) is 14.4. The van der Waals surface area contributed by atoms with Crippen molar-refractivity contribution in [1.29, 1.82) is 0 Å². The molecule has 0 aliphatic heterocycles. The normalized spacial score (nSPS) is 12.1. The first-order chi connectivity index (χ1) is 16.8. The zero-order chi connectivity index (χ0) is 26.7. The Kier molecular flexibility index (Phi) is 9.05. The van der Waals surface area contributed by atoms with Gasteiger partial charge in [0.15, 0.2) is 0 Å². The highest BCUT2D eigenvalue weighted by Crippen LogP contribution is 2.26. The Labute approximate surface area is 225 Å². The van der Waals surface area contributed by atoms with Crippen LogP contribution < -0.4 is 10.0 Å². The smallest absolute Gasteiger partial charge is 0.243 e. The minimum Gasteiger partial charge on any atom is -0.325 e. The van der Waals surface area contributed by atoms with Gasteiger partial charge in [0.1, 0.15) is 0 Å². The van der Waals surface area contributed by atoms with E-state index in [1.54, 1.807) is 13.0 Å². The molecule has 0 aliphatic rings. The third kappa shape index (κ3) is 6.77. The lowest BCUT2D eigenvalue weighted by atomic mass is 10.2. The molecule has 3 aromatic rings. The summed E-state index contributed by atoms with van der Waals surface area (Å²) in [5.41, 5.74) is 1.33. The van der Waals surface area contributed by atoms with E-state index in [-0.39, 0.29) is 27.0 Å². The topological polar surface area (TPSA) is 113 Å². The second-order valence-corrected chi connectivity index (χ2v) is 12.8. The van der Waals surface area contributed by atoms with Crippen LogP contribution in [0, 0.1) is 6.92 Å². The zero-order valence-corrected chi connectivity index (χ0v) is 23.0. The van der Waals surface area contributed by atoms with Crippen molar-refractivity contribution < 1.29 is 21.6 Å². The lowest BCUT2D eigenvalue weighted by Crippen LogP contribution is -2.37. The fourth-order valence-corrected chi connectivity index (χ4v) is 5.78. The second-order valence-electron chi connectivity index (χ2n) is 7.71. The van der Waals surface area contributed by atoms with E-state index in [2.05, 4.69) is 10.0 Å². The van der Waals surface area contributed by atoms with E-state index in [1.807, 2.05) is 0 Å². The fraction of sp³-hybridized carbons (Fsp3) is 0.174. The maximum atomic E-state index is 13.4. The van der Waals surface area contributed by atoms with Crippen LogP contribution >= 0.6 is 34.8 Å². The Balaban J connectivity index is 1.94. The van der Waals surface area contributed by atoms with Gasteiger partial charge in [0.2, 0.25) is 26.0 Å². The fourth-order valence-electron chi connectivity index (χ4n) is 3.19. The average molecular weight is 591 g/mol. The molecule has 8 nitrogen and oxygen atoms in total. The molecule has 0 aliphatic carbocycles. The van der Waals surface area contributed by atoms with Gasteiger partial charge in [-0.2, -0.15) is 4.31 Å². The third-order valence-electron chi connectivity index (χ3n) is 5.18. The van der Waals surface area contributed by atoms with Crippen LogP contribution in [0.2, 0.25) is 15.1 Å². The van der Waals surface area contributed by atoms with E-state index in [0.29, 0.717) is 21.2 Å². The number of rotatable bonds is 9. The van der Waals surface area contributed by atoms with E-state index >= 15 is 0 Å². The van der Waals surface area contributed by atoms with Gasteiger partial charge < -0.3 is 5.32 Å². The number of sulfonamides is 2. The molecule has 0 fully saturated rings. The highest BCUT2D eigenvalue weighted by Gasteiger charge is 2.27. The lowest BCUT2D eigenvalue weighted by Gasteiger charge is -2.22. The van der Waals surface area contributed by atoms with Gasteiger partial charge in [-0.3, -0.25) is 4.79 Å². The van der Waals surface area contributed by atoms with Gasteiger partial charge >= 0.3 is 0 Å². The van der Waals surface area contributed by atoms with Crippen molar-refractivity contribution in [1.82, 2.24) is 9.03 Å². The molecule has 0 spiro atoms. The van der Waals surface area contributed by atoms with Gasteiger partial charge in [-0.1, -0.05) is 46.9 Å². The number of nitrogens with one attached hydrogen (secondary N) is 2. The summed E-state index contributed by atoms with van der Waals surface area (Å²) in [6, 6.07) is 14.4. The average Bonchev–Trinajstić information content (AvgIpc) is 2.82. The summed E-state index contributed by atoms with van der Waals surface area (Å²) >= 11 is 18.0. The molecular weight excluding hydrogens is 569 g/mol. The number of aryl methyl sites for hydroxylation is 1. The minimum absolute atomic E-state index is 0.0488. The van der Waals surface area contributed by atoms with Gasteiger partial charge in [0.05, 0.1) is 26.4 Å². The molecular formula is C23H22Cl3N3O5S2. The summed E-state index contributed by atoms with van der Waals surface area (Å²) in [6.07, 6.45) is 0. The predicted octanol–water partition coefficient (Wildman–Crippen LogP) is 4.69. The standard InChI is InChI=1S/C23H22Cl3N3O5S2/c1-15-3-7-19(35(31,32)27-2)12-22(15)28-23(30)14-29(13-16-4-10-20(25)21(26)11-16)36(33,34)18-8-5-17(24)6-9-18/h3-12,27H,13-14H2,1-2H3,(H,28,30). The Morgan fingerprint density at radius 2 is 1.50 bits per heavy atom. The van der Waals surface area contributed by atoms with Crippen LogP contribution in [0.15, 0.2) is 70.5 Å². The molecule has 2 N–H and O–H groups in total. The quantitative estimate of drug-likeness (QED) is 0.375. The first kappa shape index (κ1) is 28.4. The summed E-state index contributed by atoms with van der Waals surface area (Å²) in [6.45, 7) is 0.944. The van der Waals surface area contributed by atoms with Crippen molar-refractivity contribution >= 4 is 66.4 Å². The number of amides is 1. The van der Waals surface area contributed by atoms with Gasteiger partial charge in [0.25, 0.3) is 0 Å². The number of benzene rings is 3. The molecule has 36 heavy (non-hydrogen) atoms. The molecule has 0 radical (unpaired) electrons. The number of carbonyl (C=O) groups is 1. The number of carbonyl (C=O) groups excluding carboxylic acids is 1. The van der Waals surface area contributed by atoms with Gasteiger partial charge in [-0.05, 0) is 73.6 Å². The highest BCUT2D eigenvalue weighted by molar-refractivity contribution is 7.89. The van der Waals surface area contributed by atoms with Crippen molar-refractivity contribution in [2.24, 2.45) is 0 Å². The van der Waals surface area contributed by atoms with Crippen LogP contribution in [-0.4, -0.2) is 40.6 Å². The monoisotopic (exact) mass is 589 g/mol. The molecule has 192 valence electrons. The van der Waals surface area contributed by atoms with E-state index in [1.165, 1.54) is 61.6 Å². The Morgan fingerprint density at radius 3 is 2.11 bits per heavy atom. The molecule has 3 aromatic carbocycles. The van der Waals surface area contributed by atoms with Crippen molar-refractivity contribution in [3.8, 4) is 0 Å². The third-order valence-corrected chi connectivity index (χ3v) is 9.39. The largest absolute Gasteiger partial charge is 0.325 e. The number of hydrogen-bond donors (Lipinski definition) is 2. The lowest BCUT2D eigenvalue weighted by molar-refractivity contribution is -0.116. The van der Waals surface area contributed by atoms with Crippen LogP contribution in [0.1, 0.15) is 11.1 Å². The molecule has 0 atom stereocenters.